The van der Waals surface area contributed by atoms with E-state index in [0.29, 0.717) is 17.0 Å². The van der Waals surface area contributed by atoms with Gasteiger partial charge >= 0.3 is 0 Å². The summed E-state index contributed by atoms with van der Waals surface area (Å²) in [6.07, 6.45) is 0. The third-order valence-corrected chi connectivity index (χ3v) is 4.39. The highest BCUT2D eigenvalue weighted by Crippen LogP contribution is 2.40. The largest absolute Gasteiger partial charge is 0.450 e. The van der Waals surface area contributed by atoms with Crippen molar-refractivity contribution in [3.05, 3.63) is 22.2 Å². The zero-order valence-electron chi connectivity index (χ0n) is 11.4. The zero-order chi connectivity index (χ0) is 14.7. The lowest BCUT2D eigenvalue weighted by Gasteiger charge is -2.29. The van der Waals surface area contributed by atoms with Crippen molar-refractivity contribution < 1.29 is 4.42 Å². The maximum absolute atomic E-state index is 6.48. The lowest BCUT2D eigenvalue weighted by atomic mass is 9.89. The molecule has 1 aliphatic heterocycles. The van der Waals surface area contributed by atoms with Crippen LogP contribution in [0.5, 0.6) is 0 Å². The molecule has 1 aromatic carbocycles. The fraction of sp³-hybridized carbons (Fsp3) is 0.286. The molecule has 1 fully saturated rings. The Morgan fingerprint density at radius 2 is 2.05 bits per heavy atom. The maximum Gasteiger partial charge on any atom is 0.222 e. The number of aromatic nitrogens is 2. The summed E-state index contributed by atoms with van der Waals surface area (Å²) in [6.45, 7) is 3.87. The summed E-state index contributed by atoms with van der Waals surface area (Å²) in [5.41, 5.74) is 15.5. The normalized spacial score (nSPS) is 15.7. The van der Waals surface area contributed by atoms with Crippen LogP contribution in [0, 0.1) is 6.92 Å². The van der Waals surface area contributed by atoms with E-state index in [2.05, 4.69) is 15.3 Å². The van der Waals surface area contributed by atoms with Gasteiger partial charge in [-0.05, 0) is 24.1 Å². The Balaban J connectivity index is 2.11. The molecule has 0 unspecified atom stereocenters. The zero-order valence-corrected chi connectivity index (χ0v) is 12.2. The van der Waals surface area contributed by atoms with Crippen molar-refractivity contribution in [3.63, 3.8) is 0 Å². The highest BCUT2D eigenvalue weighted by molar-refractivity contribution is 6.33. The summed E-state index contributed by atoms with van der Waals surface area (Å²) in [5, 5.41) is 4.81. The van der Waals surface area contributed by atoms with Crippen LogP contribution in [-0.2, 0) is 0 Å². The van der Waals surface area contributed by atoms with Gasteiger partial charge in [-0.3, -0.25) is 0 Å². The monoisotopic (exact) mass is 303 g/mol. The molecule has 0 aliphatic carbocycles. The summed E-state index contributed by atoms with van der Waals surface area (Å²) < 4.78 is 5.90. The van der Waals surface area contributed by atoms with E-state index in [4.69, 9.17) is 27.5 Å². The van der Waals surface area contributed by atoms with Gasteiger partial charge < -0.3 is 21.2 Å². The Morgan fingerprint density at radius 1 is 1.29 bits per heavy atom. The number of furan rings is 1. The van der Waals surface area contributed by atoms with E-state index in [1.165, 1.54) is 0 Å². The molecule has 3 aromatic rings. The molecule has 7 heteroatoms. The van der Waals surface area contributed by atoms with Crippen molar-refractivity contribution in [1.29, 1.82) is 0 Å². The van der Waals surface area contributed by atoms with Crippen LogP contribution in [0.4, 0.5) is 11.8 Å². The predicted octanol–water partition coefficient (Wildman–Crippen LogP) is 2.19. The number of aryl methyl sites for hydroxylation is 1. The molecule has 4 rings (SSSR count). The van der Waals surface area contributed by atoms with Gasteiger partial charge in [0, 0.05) is 29.4 Å². The van der Waals surface area contributed by atoms with Gasteiger partial charge in [0.25, 0.3) is 0 Å². The number of nitrogens with zero attached hydrogens (tertiary/aromatic N) is 2. The van der Waals surface area contributed by atoms with Crippen LogP contribution < -0.4 is 16.8 Å². The second-order valence-electron chi connectivity index (χ2n) is 5.38. The molecule has 21 heavy (non-hydrogen) atoms. The molecule has 3 heterocycles. The van der Waals surface area contributed by atoms with Gasteiger partial charge in [0.1, 0.15) is 11.1 Å². The molecule has 0 atom stereocenters. The van der Waals surface area contributed by atoms with Gasteiger partial charge in [-0.15, -0.1) is 0 Å². The van der Waals surface area contributed by atoms with Crippen LogP contribution in [0.25, 0.3) is 22.1 Å². The van der Waals surface area contributed by atoms with E-state index < -0.39 is 0 Å². The molecule has 108 valence electrons. The molecule has 0 saturated carbocycles. The third kappa shape index (κ3) is 1.69. The van der Waals surface area contributed by atoms with E-state index >= 15 is 0 Å². The third-order valence-electron chi connectivity index (χ3n) is 4.08. The van der Waals surface area contributed by atoms with Crippen LogP contribution >= 0.6 is 11.6 Å². The summed E-state index contributed by atoms with van der Waals surface area (Å²) in [7, 11) is 0. The Kier molecular flexibility index (Phi) is 2.55. The number of fused-ring (bicyclic) bond motifs is 3. The number of benzene rings is 1. The van der Waals surface area contributed by atoms with E-state index in [1.54, 1.807) is 0 Å². The van der Waals surface area contributed by atoms with E-state index in [1.807, 2.05) is 13.0 Å². The van der Waals surface area contributed by atoms with Crippen molar-refractivity contribution in [1.82, 2.24) is 15.3 Å². The average molecular weight is 304 g/mol. The van der Waals surface area contributed by atoms with Gasteiger partial charge in [0.2, 0.25) is 5.95 Å². The van der Waals surface area contributed by atoms with Crippen molar-refractivity contribution in [2.45, 2.75) is 12.8 Å². The van der Waals surface area contributed by atoms with Gasteiger partial charge in [0.05, 0.1) is 0 Å². The second kappa shape index (κ2) is 4.22. The summed E-state index contributed by atoms with van der Waals surface area (Å²) >= 11 is 6.48. The van der Waals surface area contributed by atoms with E-state index in [-0.39, 0.29) is 11.8 Å². The van der Waals surface area contributed by atoms with E-state index in [0.717, 1.165) is 40.2 Å². The minimum Gasteiger partial charge on any atom is -0.450 e. The smallest absolute Gasteiger partial charge is 0.222 e. The second-order valence-corrected chi connectivity index (χ2v) is 5.78. The first-order valence-electron chi connectivity index (χ1n) is 6.71. The predicted molar refractivity (Wildman–Crippen MR) is 83.5 cm³/mol. The highest BCUT2D eigenvalue weighted by Gasteiger charge is 2.26. The van der Waals surface area contributed by atoms with Crippen LogP contribution in [0.3, 0.4) is 0 Å². The number of nitrogens with two attached hydrogens (primary N) is 2. The summed E-state index contributed by atoms with van der Waals surface area (Å²) in [6, 6.07) is 1.88. The van der Waals surface area contributed by atoms with Crippen molar-refractivity contribution in [2.75, 3.05) is 24.6 Å². The van der Waals surface area contributed by atoms with Gasteiger partial charge in [0.15, 0.2) is 11.4 Å². The van der Waals surface area contributed by atoms with Gasteiger partial charge in [-0.25, -0.2) is 4.98 Å². The molecule has 0 radical (unpaired) electrons. The molecular formula is C14H14ClN5O. The summed E-state index contributed by atoms with van der Waals surface area (Å²) in [4.78, 5) is 8.18. The number of halogens is 1. The number of rotatable bonds is 1. The van der Waals surface area contributed by atoms with Crippen molar-refractivity contribution >= 4 is 45.4 Å². The van der Waals surface area contributed by atoms with Crippen LogP contribution in [0.15, 0.2) is 10.5 Å². The first-order chi connectivity index (χ1) is 10.1. The van der Waals surface area contributed by atoms with Gasteiger partial charge in [-0.2, -0.15) is 4.98 Å². The molecular weight excluding hydrogens is 290 g/mol. The quantitative estimate of drug-likeness (QED) is 0.637. The lowest BCUT2D eigenvalue weighted by Crippen LogP contribution is -2.40. The first-order valence-corrected chi connectivity index (χ1v) is 7.09. The number of nitrogen functional groups attached to an aromatic ring is 2. The van der Waals surface area contributed by atoms with E-state index in [9.17, 15) is 0 Å². The van der Waals surface area contributed by atoms with Crippen LogP contribution in [0.1, 0.15) is 17.0 Å². The molecule has 6 nitrogen and oxygen atoms in total. The number of anilines is 2. The molecule has 1 aliphatic rings. The molecule has 0 amide bonds. The highest BCUT2D eigenvalue weighted by atomic mass is 35.5. The van der Waals surface area contributed by atoms with Gasteiger partial charge in [-0.1, -0.05) is 11.6 Å². The molecule has 1 saturated heterocycles. The molecule has 0 bridgehead atoms. The number of hydrogen-bond acceptors (Lipinski definition) is 6. The molecule has 0 spiro atoms. The average Bonchev–Trinajstić information content (AvgIpc) is 2.71. The molecule has 5 N–H and O–H groups in total. The SMILES string of the molecule is Cc1c(C2CNC2)c(Cl)cc2c1oc1c(N)nc(N)nc12. The Bertz CT molecular complexity index is 884. The van der Waals surface area contributed by atoms with Crippen LogP contribution in [-0.4, -0.2) is 23.1 Å². The Labute approximate surface area is 125 Å². The standard InChI is InChI=1S/C14H14ClN5O/c1-5-9(6-3-18-4-6)8(15)2-7-10-12(21-11(5)7)13(16)20-14(17)19-10/h2,6,18H,3-4H2,1H3,(H4,16,17,19,20). The fourth-order valence-corrected chi connectivity index (χ4v) is 3.35. The number of nitrogens with one attached hydrogen (secondary N) is 1. The molecule has 2 aromatic heterocycles. The Hall–Kier alpha value is -2.05. The van der Waals surface area contributed by atoms with Crippen molar-refractivity contribution in [2.24, 2.45) is 0 Å². The number of hydrogen-bond donors (Lipinski definition) is 3. The lowest BCUT2D eigenvalue weighted by molar-refractivity contribution is 0.447. The topological polar surface area (TPSA) is 103 Å². The fourth-order valence-electron chi connectivity index (χ4n) is 2.95. The maximum atomic E-state index is 6.48. The first kappa shape index (κ1) is 12.7. The Morgan fingerprint density at radius 3 is 2.71 bits per heavy atom. The minimum atomic E-state index is 0.128. The van der Waals surface area contributed by atoms with Crippen LogP contribution in [0.2, 0.25) is 5.02 Å². The minimum absolute atomic E-state index is 0.128. The summed E-state index contributed by atoms with van der Waals surface area (Å²) in [5.74, 6) is 0.795. The van der Waals surface area contributed by atoms with Crippen molar-refractivity contribution in [3.8, 4) is 0 Å².